The van der Waals surface area contributed by atoms with Gasteiger partial charge in [0, 0.05) is 32.2 Å². The zero-order chi connectivity index (χ0) is 22.2. The molecule has 1 aromatic carbocycles. The molecule has 0 saturated heterocycles. The van der Waals surface area contributed by atoms with Gasteiger partial charge in [0.05, 0.1) is 17.9 Å². The number of methoxy groups -OCH3 is 1. The SMILES string of the molecule is COCc1c(C(=O)C(C)(C)C)c(=O)c(O)c2n1CCN(Cc1ccc(F)cc1)C2=O. The number of Topliss-reactive ketones (excluding diaryl/α,β-unsaturated/α-hetero) is 1. The predicted octanol–water partition coefficient (Wildman–Crippen LogP) is 2.72. The second-order valence-electron chi connectivity index (χ2n) is 8.36. The molecule has 1 N–H and O–H groups in total. The van der Waals surface area contributed by atoms with E-state index < -0.39 is 28.3 Å². The number of halogens is 1. The molecular weight excluding hydrogens is 391 g/mol. The third kappa shape index (κ3) is 3.87. The zero-order valence-corrected chi connectivity index (χ0v) is 17.5. The lowest BCUT2D eigenvalue weighted by Crippen LogP contribution is -2.44. The third-order valence-corrected chi connectivity index (χ3v) is 5.11. The van der Waals surface area contributed by atoms with Gasteiger partial charge in [0.15, 0.2) is 17.2 Å². The summed E-state index contributed by atoms with van der Waals surface area (Å²) in [6.07, 6.45) is 0. The van der Waals surface area contributed by atoms with Crippen LogP contribution < -0.4 is 5.43 Å². The molecule has 30 heavy (non-hydrogen) atoms. The van der Waals surface area contributed by atoms with E-state index >= 15 is 0 Å². The summed E-state index contributed by atoms with van der Waals surface area (Å²) in [4.78, 5) is 40.4. The van der Waals surface area contributed by atoms with Crippen LogP contribution in [0.3, 0.4) is 0 Å². The lowest BCUT2D eigenvalue weighted by atomic mass is 9.85. The highest BCUT2D eigenvalue weighted by Crippen LogP contribution is 2.28. The summed E-state index contributed by atoms with van der Waals surface area (Å²) in [5.74, 6) is -2.08. The molecule has 0 bridgehead atoms. The molecule has 1 aliphatic rings. The van der Waals surface area contributed by atoms with E-state index in [0.29, 0.717) is 6.54 Å². The number of fused-ring (bicyclic) bond motifs is 1. The normalized spacial score (nSPS) is 14.0. The molecule has 0 aliphatic carbocycles. The van der Waals surface area contributed by atoms with Gasteiger partial charge in [0.2, 0.25) is 5.43 Å². The summed E-state index contributed by atoms with van der Waals surface area (Å²) < 4.78 is 19.9. The molecule has 0 atom stereocenters. The smallest absolute Gasteiger partial charge is 0.274 e. The molecule has 0 spiro atoms. The Bertz CT molecular complexity index is 1050. The summed E-state index contributed by atoms with van der Waals surface area (Å²) in [5, 5.41) is 10.6. The van der Waals surface area contributed by atoms with Crippen LogP contribution in [0.4, 0.5) is 4.39 Å². The largest absolute Gasteiger partial charge is 0.503 e. The first-order valence-electron chi connectivity index (χ1n) is 9.62. The van der Waals surface area contributed by atoms with Crippen molar-refractivity contribution in [2.75, 3.05) is 13.7 Å². The van der Waals surface area contributed by atoms with E-state index in [-0.39, 0.29) is 42.5 Å². The number of ether oxygens (including phenoxy) is 1. The fourth-order valence-electron chi connectivity index (χ4n) is 3.55. The molecule has 2 aromatic rings. The van der Waals surface area contributed by atoms with Crippen LogP contribution in [0.5, 0.6) is 5.75 Å². The minimum atomic E-state index is -0.870. The van der Waals surface area contributed by atoms with Gasteiger partial charge in [-0.15, -0.1) is 0 Å². The fraction of sp³-hybridized carbons (Fsp3) is 0.409. The first-order valence-corrected chi connectivity index (χ1v) is 9.62. The van der Waals surface area contributed by atoms with Crippen molar-refractivity contribution in [2.24, 2.45) is 5.41 Å². The second kappa shape index (κ2) is 8.02. The summed E-state index contributed by atoms with van der Waals surface area (Å²) in [5.41, 5.74) is -1.03. The number of ketones is 1. The Labute approximate surface area is 173 Å². The standard InChI is InChI=1S/C22H25FN2O5/c1-22(2,3)20(28)16-15(12-30-4)25-10-9-24(11-13-5-7-14(23)8-6-13)21(29)17(25)19(27)18(16)26/h5-8,27H,9-12H2,1-4H3. The first-order chi connectivity index (χ1) is 14.1. The van der Waals surface area contributed by atoms with Gasteiger partial charge in [-0.25, -0.2) is 4.39 Å². The monoisotopic (exact) mass is 416 g/mol. The number of rotatable bonds is 5. The lowest BCUT2D eigenvalue weighted by Gasteiger charge is -2.33. The molecule has 0 unspecified atom stereocenters. The van der Waals surface area contributed by atoms with Crippen LogP contribution in [0.2, 0.25) is 0 Å². The van der Waals surface area contributed by atoms with Crippen molar-refractivity contribution in [3.05, 3.63) is 62.8 Å². The van der Waals surface area contributed by atoms with Gasteiger partial charge in [0.1, 0.15) is 5.82 Å². The van der Waals surface area contributed by atoms with E-state index in [4.69, 9.17) is 4.74 Å². The molecule has 0 fully saturated rings. The number of carbonyl (C=O) groups excluding carboxylic acids is 2. The van der Waals surface area contributed by atoms with Crippen LogP contribution in [0, 0.1) is 11.2 Å². The predicted molar refractivity (Wildman–Crippen MR) is 108 cm³/mol. The Balaban J connectivity index is 2.10. The van der Waals surface area contributed by atoms with Crippen molar-refractivity contribution in [1.29, 1.82) is 0 Å². The van der Waals surface area contributed by atoms with Crippen LogP contribution in [-0.2, 0) is 24.4 Å². The zero-order valence-electron chi connectivity index (χ0n) is 17.5. The van der Waals surface area contributed by atoms with Crippen molar-refractivity contribution in [3.63, 3.8) is 0 Å². The molecule has 0 radical (unpaired) electrons. The number of carbonyl (C=O) groups is 2. The number of pyridine rings is 1. The van der Waals surface area contributed by atoms with Crippen LogP contribution in [0.25, 0.3) is 0 Å². The van der Waals surface area contributed by atoms with E-state index in [0.717, 1.165) is 5.56 Å². The molecule has 160 valence electrons. The number of aromatic hydroxyl groups is 1. The van der Waals surface area contributed by atoms with E-state index in [1.54, 1.807) is 32.9 Å². The minimum absolute atomic E-state index is 0.0507. The Kier molecular flexibility index (Phi) is 5.81. The van der Waals surface area contributed by atoms with Crippen LogP contribution in [0.1, 0.15) is 52.9 Å². The van der Waals surface area contributed by atoms with Crippen molar-refractivity contribution in [3.8, 4) is 5.75 Å². The lowest BCUT2D eigenvalue weighted by molar-refractivity contribution is 0.0671. The van der Waals surface area contributed by atoms with Gasteiger partial charge in [0.25, 0.3) is 5.91 Å². The van der Waals surface area contributed by atoms with Gasteiger partial charge >= 0.3 is 0 Å². The molecule has 1 aliphatic heterocycles. The number of hydrogen-bond acceptors (Lipinski definition) is 5. The summed E-state index contributed by atoms with van der Waals surface area (Å²) >= 11 is 0. The van der Waals surface area contributed by atoms with Crippen molar-refractivity contribution in [1.82, 2.24) is 9.47 Å². The average molecular weight is 416 g/mol. The fourth-order valence-corrected chi connectivity index (χ4v) is 3.55. The van der Waals surface area contributed by atoms with Gasteiger partial charge < -0.3 is 19.3 Å². The van der Waals surface area contributed by atoms with Gasteiger partial charge in [-0.1, -0.05) is 32.9 Å². The van der Waals surface area contributed by atoms with E-state index in [1.165, 1.54) is 28.7 Å². The number of aromatic nitrogens is 1. The quantitative estimate of drug-likeness (QED) is 0.757. The minimum Gasteiger partial charge on any atom is -0.503 e. The Morgan fingerprint density at radius 1 is 1.17 bits per heavy atom. The van der Waals surface area contributed by atoms with Gasteiger partial charge in [-0.3, -0.25) is 14.4 Å². The summed E-state index contributed by atoms with van der Waals surface area (Å²) in [7, 11) is 1.43. The highest BCUT2D eigenvalue weighted by molar-refractivity contribution is 6.03. The van der Waals surface area contributed by atoms with Crippen molar-refractivity contribution >= 4 is 11.7 Å². The number of nitrogens with zero attached hydrogens (tertiary/aromatic N) is 2. The Hall–Kier alpha value is -3.00. The molecule has 7 nitrogen and oxygen atoms in total. The van der Waals surface area contributed by atoms with Gasteiger partial charge in [-0.05, 0) is 17.7 Å². The summed E-state index contributed by atoms with van der Waals surface area (Å²) in [6.45, 7) is 5.77. The van der Waals surface area contributed by atoms with Crippen molar-refractivity contribution in [2.45, 2.75) is 40.5 Å². The highest BCUT2D eigenvalue weighted by atomic mass is 19.1. The number of hydrogen-bond donors (Lipinski definition) is 1. The maximum Gasteiger partial charge on any atom is 0.274 e. The number of amides is 1. The molecule has 8 heteroatoms. The second-order valence-corrected chi connectivity index (χ2v) is 8.36. The molecule has 1 amide bonds. The molecule has 3 rings (SSSR count). The maximum absolute atomic E-state index is 13.1. The average Bonchev–Trinajstić information content (AvgIpc) is 2.68. The Morgan fingerprint density at radius 2 is 1.80 bits per heavy atom. The molecule has 0 saturated carbocycles. The Morgan fingerprint density at radius 3 is 2.37 bits per heavy atom. The van der Waals surface area contributed by atoms with E-state index in [1.807, 2.05) is 0 Å². The third-order valence-electron chi connectivity index (χ3n) is 5.11. The van der Waals surface area contributed by atoms with E-state index in [2.05, 4.69) is 0 Å². The molecular formula is C22H25FN2O5. The highest BCUT2D eigenvalue weighted by Gasteiger charge is 2.36. The van der Waals surface area contributed by atoms with Crippen molar-refractivity contribution < 1.29 is 23.8 Å². The van der Waals surface area contributed by atoms with Crippen LogP contribution in [-0.4, -0.2) is 39.9 Å². The van der Waals surface area contributed by atoms with Gasteiger partial charge in [-0.2, -0.15) is 0 Å². The molecule has 2 heterocycles. The van der Waals surface area contributed by atoms with Crippen LogP contribution >= 0.6 is 0 Å². The topological polar surface area (TPSA) is 88.8 Å². The summed E-state index contributed by atoms with van der Waals surface area (Å²) in [6, 6.07) is 5.76. The molecule has 1 aromatic heterocycles. The maximum atomic E-state index is 13.1. The number of benzene rings is 1. The van der Waals surface area contributed by atoms with E-state index in [9.17, 15) is 23.9 Å². The first kappa shape index (κ1) is 21.7. The van der Waals surface area contributed by atoms with Crippen LogP contribution in [0.15, 0.2) is 29.1 Å².